The lowest BCUT2D eigenvalue weighted by molar-refractivity contribution is 0.0550. The molecule has 2 bridgehead atoms. The van der Waals surface area contributed by atoms with Gasteiger partial charge in [-0.3, -0.25) is 4.90 Å². The Balaban J connectivity index is 1.86. The van der Waals surface area contributed by atoms with Crippen molar-refractivity contribution < 1.29 is 5.11 Å². The molecule has 0 radical (unpaired) electrons. The third kappa shape index (κ3) is 0.906. The van der Waals surface area contributed by atoms with Crippen LogP contribution in [0.15, 0.2) is 12.7 Å². The van der Waals surface area contributed by atoms with Crippen molar-refractivity contribution in [1.82, 2.24) is 4.90 Å². The Morgan fingerprint density at radius 2 is 2.23 bits per heavy atom. The number of fused-ring (bicyclic) bond motifs is 1. The van der Waals surface area contributed by atoms with Crippen LogP contribution < -0.4 is 0 Å². The molecule has 5 unspecified atom stereocenters. The van der Waals surface area contributed by atoms with E-state index in [2.05, 4.69) is 11.5 Å². The normalized spacial score (nSPS) is 53.2. The average Bonchev–Trinajstić information content (AvgIpc) is 2.65. The van der Waals surface area contributed by atoms with Crippen LogP contribution in [0, 0.1) is 17.8 Å². The molecule has 0 aromatic heterocycles. The average molecular weight is 179 g/mol. The van der Waals surface area contributed by atoms with Gasteiger partial charge in [-0.15, -0.1) is 6.58 Å². The Morgan fingerprint density at radius 1 is 1.38 bits per heavy atom. The second-order valence-corrected chi connectivity index (χ2v) is 4.88. The van der Waals surface area contributed by atoms with Gasteiger partial charge in [0.2, 0.25) is 0 Å². The summed E-state index contributed by atoms with van der Waals surface area (Å²) < 4.78 is 0. The summed E-state index contributed by atoms with van der Waals surface area (Å²) in [6, 6.07) is 0.474. The second kappa shape index (κ2) is 2.58. The zero-order valence-electron chi connectivity index (χ0n) is 7.89. The summed E-state index contributed by atoms with van der Waals surface area (Å²) in [4.78, 5) is 2.43. The zero-order valence-corrected chi connectivity index (χ0v) is 7.89. The molecular formula is C11H17NO. The number of hydrogen-bond donors (Lipinski definition) is 1. The lowest BCUT2D eigenvalue weighted by atomic mass is 9.88. The van der Waals surface area contributed by atoms with Gasteiger partial charge in [0, 0.05) is 19.1 Å². The first kappa shape index (κ1) is 8.01. The van der Waals surface area contributed by atoms with E-state index in [-0.39, 0.29) is 6.10 Å². The predicted octanol–water partition coefficient (Wildman–Crippen LogP) is 0.873. The molecule has 2 saturated carbocycles. The van der Waals surface area contributed by atoms with E-state index >= 15 is 0 Å². The van der Waals surface area contributed by atoms with Crippen LogP contribution in [-0.2, 0) is 0 Å². The molecule has 3 rings (SSSR count). The molecule has 0 aromatic carbocycles. The Labute approximate surface area is 79.2 Å². The first-order valence-electron chi connectivity index (χ1n) is 5.34. The van der Waals surface area contributed by atoms with Gasteiger partial charge in [-0.2, -0.15) is 0 Å². The van der Waals surface area contributed by atoms with E-state index < -0.39 is 0 Å². The number of hydrogen-bond acceptors (Lipinski definition) is 2. The fourth-order valence-electron chi connectivity index (χ4n) is 3.91. The Kier molecular flexibility index (Phi) is 1.59. The zero-order chi connectivity index (χ0) is 9.00. The molecule has 2 nitrogen and oxygen atoms in total. The van der Waals surface area contributed by atoms with Crippen molar-refractivity contribution in [2.75, 3.05) is 13.1 Å². The molecule has 2 aliphatic carbocycles. The third-order valence-corrected chi connectivity index (χ3v) is 4.31. The maximum Gasteiger partial charge on any atom is 0.0726 e. The van der Waals surface area contributed by atoms with Crippen molar-refractivity contribution >= 4 is 0 Å². The minimum Gasteiger partial charge on any atom is -0.391 e. The minimum absolute atomic E-state index is 0.0382. The topological polar surface area (TPSA) is 23.5 Å². The highest BCUT2D eigenvalue weighted by atomic mass is 16.3. The minimum atomic E-state index is -0.0382. The van der Waals surface area contributed by atoms with Crippen molar-refractivity contribution in [3.05, 3.63) is 12.7 Å². The van der Waals surface area contributed by atoms with E-state index in [0.29, 0.717) is 12.0 Å². The van der Waals surface area contributed by atoms with Crippen LogP contribution in [-0.4, -0.2) is 35.2 Å². The number of aliphatic hydroxyl groups is 1. The molecule has 3 fully saturated rings. The second-order valence-electron chi connectivity index (χ2n) is 4.88. The molecule has 0 amide bonds. The molecular weight excluding hydrogens is 162 g/mol. The Bertz CT molecular complexity index is 238. The number of nitrogens with zero attached hydrogens (tertiary/aromatic N) is 1. The van der Waals surface area contributed by atoms with Crippen molar-refractivity contribution in [2.24, 2.45) is 17.8 Å². The number of likely N-dealkylation sites (tertiary alicyclic amines) is 1. The van der Waals surface area contributed by atoms with Crippen molar-refractivity contribution in [3.63, 3.8) is 0 Å². The van der Waals surface area contributed by atoms with Crippen LogP contribution in [0.25, 0.3) is 0 Å². The van der Waals surface area contributed by atoms with E-state index in [0.717, 1.165) is 18.4 Å². The van der Waals surface area contributed by atoms with Crippen molar-refractivity contribution in [2.45, 2.75) is 25.0 Å². The maximum atomic E-state index is 10.0. The van der Waals surface area contributed by atoms with Gasteiger partial charge in [-0.1, -0.05) is 6.08 Å². The summed E-state index contributed by atoms with van der Waals surface area (Å²) in [5.74, 6) is 2.31. The van der Waals surface area contributed by atoms with Gasteiger partial charge in [-0.25, -0.2) is 0 Å². The summed E-state index contributed by atoms with van der Waals surface area (Å²) >= 11 is 0. The predicted molar refractivity (Wildman–Crippen MR) is 51.3 cm³/mol. The van der Waals surface area contributed by atoms with Gasteiger partial charge in [-0.05, 0) is 30.6 Å². The van der Waals surface area contributed by atoms with Crippen molar-refractivity contribution in [3.8, 4) is 0 Å². The number of aliphatic hydroxyl groups excluding tert-OH is 1. The molecule has 1 saturated heterocycles. The molecule has 5 atom stereocenters. The monoisotopic (exact) mass is 179 g/mol. The fraction of sp³-hybridized carbons (Fsp3) is 0.818. The fourth-order valence-corrected chi connectivity index (χ4v) is 3.91. The molecule has 0 aromatic rings. The van der Waals surface area contributed by atoms with E-state index in [1.807, 2.05) is 6.08 Å². The molecule has 13 heavy (non-hydrogen) atoms. The SMILES string of the molecule is C=CCN1CC2CC3CC2C1C3O. The highest BCUT2D eigenvalue weighted by Gasteiger charge is 2.58. The van der Waals surface area contributed by atoms with Gasteiger partial charge in [0.1, 0.15) is 0 Å². The van der Waals surface area contributed by atoms with Crippen LogP contribution >= 0.6 is 0 Å². The van der Waals surface area contributed by atoms with Gasteiger partial charge in [0.05, 0.1) is 6.10 Å². The summed E-state index contributed by atoms with van der Waals surface area (Å²) in [6.07, 6.45) is 4.48. The van der Waals surface area contributed by atoms with Gasteiger partial charge in [0.15, 0.2) is 0 Å². The third-order valence-electron chi connectivity index (χ3n) is 4.31. The van der Waals surface area contributed by atoms with Crippen LogP contribution in [0.3, 0.4) is 0 Å². The maximum absolute atomic E-state index is 10.0. The standard InChI is InChI=1S/C11H17NO/c1-2-3-12-6-8-4-7-5-9(8)10(12)11(7)13/h2,7-11,13H,1,3-6H2. The van der Waals surface area contributed by atoms with Gasteiger partial charge in [0.25, 0.3) is 0 Å². The quantitative estimate of drug-likeness (QED) is 0.636. The Morgan fingerprint density at radius 3 is 2.92 bits per heavy atom. The van der Waals surface area contributed by atoms with Crippen LogP contribution in [0.1, 0.15) is 12.8 Å². The van der Waals surface area contributed by atoms with E-state index in [9.17, 15) is 5.11 Å². The smallest absolute Gasteiger partial charge is 0.0726 e. The lowest BCUT2D eigenvalue weighted by Gasteiger charge is -2.27. The van der Waals surface area contributed by atoms with Gasteiger partial charge < -0.3 is 5.11 Å². The first-order chi connectivity index (χ1) is 6.31. The highest BCUT2D eigenvalue weighted by molar-refractivity contribution is 5.11. The number of rotatable bonds is 2. The lowest BCUT2D eigenvalue weighted by Crippen LogP contribution is -2.40. The summed E-state index contributed by atoms with van der Waals surface area (Å²) in [7, 11) is 0. The molecule has 72 valence electrons. The molecule has 0 spiro atoms. The summed E-state index contributed by atoms with van der Waals surface area (Å²) in [5.41, 5.74) is 0. The Hall–Kier alpha value is -0.340. The molecule has 1 N–H and O–H groups in total. The van der Waals surface area contributed by atoms with E-state index in [4.69, 9.17) is 0 Å². The van der Waals surface area contributed by atoms with Crippen LogP contribution in [0.5, 0.6) is 0 Å². The van der Waals surface area contributed by atoms with E-state index in [1.165, 1.54) is 19.4 Å². The highest BCUT2D eigenvalue weighted by Crippen LogP contribution is 2.54. The van der Waals surface area contributed by atoms with Crippen LogP contribution in [0.2, 0.25) is 0 Å². The van der Waals surface area contributed by atoms with Crippen molar-refractivity contribution in [1.29, 1.82) is 0 Å². The molecule has 2 heteroatoms. The first-order valence-corrected chi connectivity index (χ1v) is 5.34. The molecule has 3 aliphatic rings. The van der Waals surface area contributed by atoms with Gasteiger partial charge >= 0.3 is 0 Å². The molecule has 1 aliphatic heterocycles. The van der Waals surface area contributed by atoms with E-state index in [1.54, 1.807) is 0 Å². The summed E-state index contributed by atoms with van der Waals surface area (Å²) in [5, 5.41) is 10.0. The largest absolute Gasteiger partial charge is 0.391 e. The summed E-state index contributed by atoms with van der Waals surface area (Å²) in [6.45, 7) is 5.94. The van der Waals surface area contributed by atoms with Crippen LogP contribution in [0.4, 0.5) is 0 Å². The molecule has 1 heterocycles.